The molecule has 0 spiro atoms. The minimum Gasteiger partial charge on any atom is -0.350 e. The average Bonchev–Trinajstić information content (AvgIpc) is 2.94. The third-order valence-corrected chi connectivity index (χ3v) is 4.58. The number of aromatic amines is 1. The smallest absolute Gasteiger partial charge is 0.259 e. The highest BCUT2D eigenvalue weighted by Crippen LogP contribution is 2.30. The van der Waals surface area contributed by atoms with Gasteiger partial charge >= 0.3 is 0 Å². The summed E-state index contributed by atoms with van der Waals surface area (Å²) < 4.78 is 0. The van der Waals surface area contributed by atoms with Gasteiger partial charge in [-0.3, -0.25) is 4.79 Å². The first-order valence-corrected chi connectivity index (χ1v) is 8.48. The molecule has 0 fully saturated rings. The molecule has 0 aromatic carbocycles. The summed E-state index contributed by atoms with van der Waals surface area (Å²) in [7, 11) is 0. The number of aromatic nitrogens is 3. The van der Waals surface area contributed by atoms with Gasteiger partial charge in [0.1, 0.15) is 17.8 Å². The maximum atomic E-state index is 12.2. The minimum absolute atomic E-state index is 0.0618. The number of rotatable bonds is 4. The molecule has 1 amide bonds. The van der Waals surface area contributed by atoms with E-state index in [2.05, 4.69) is 20.3 Å². The van der Waals surface area contributed by atoms with Gasteiger partial charge in [0.2, 0.25) is 0 Å². The average molecular weight is 332 g/mol. The number of thioether (sulfide) groups is 1. The Balaban J connectivity index is 1.88. The van der Waals surface area contributed by atoms with Crippen molar-refractivity contribution in [2.24, 2.45) is 5.73 Å². The molecule has 4 N–H and O–H groups in total. The zero-order valence-corrected chi connectivity index (χ0v) is 14.0. The van der Waals surface area contributed by atoms with Crippen LogP contribution in [-0.2, 0) is 4.79 Å². The van der Waals surface area contributed by atoms with Crippen LogP contribution in [0.2, 0.25) is 0 Å². The van der Waals surface area contributed by atoms with Gasteiger partial charge in [-0.1, -0.05) is 0 Å². The molecule has 1 atom stereocenters. The van der Waals surface area contributed by atoms with Crippen LogP contribution in [0.15, 0.2) is 23.6 Å². The second kappa shape index (κ2) is 6.59. The molecule has 3 heterocycles. The fourth-order valence-corrected chi connectivity index (χ4v) is 3.36. The summed E-state index contributed by atoms with van der Waals surface area (Å²) in [5.41, 5.74) is 7.58. The zero-order chi connectivity index (χ0) is 16.4. The van der Waals surface area contributed by atoms with E-state index in [4.69, 9.17) is 5.73 Å². The molecule has 8 heteroatoms. The number of nitrogens with two attached hydrogens (primary N) is 1. The van der Waals surface area contributed by atoms with Crippen molar-refractivity contribution in [3.05, 3.63) is 29.2 Å². The Labute approximate surface area is 138 Å². The van der Waals surface area contributed by atoms with Gasteiger partial charge in [0.25, 0.3) is 5.91 Å². The van der Waals surface area contributed by atoms with Crippen molar-refractivity contribution in [3.63, 3.8) is 0 Å². The predicted molar refractivity (Wildman–Crippen MR) is 93.2 cm³/mol. The number of aryl methyl sites for hydroxylation is 1. The lowest BCUT2D eigenvalue weighted by atomic mass is 10.2. The van der Waals surface area contributed by atoms with E-state index in [0.29, 0.717) is 11.4 Å². The molecule has 7 nitrogen and oxygen atoms in total. The zero-order valence-electron chi connectivity index (χ0n) is 13.2. The molecule has 2 aromatic heterocycles. The quantitative estimate of drug-likeness (QED) is 0.776. The molecule has 0 bridgehead atoms. The van der Waals surface area contributed by atoms with Gasteiger partial charge in [-0.2, -0.15) is 0 Å². The van der Waals surface area contributed by atoms with Crippen LogP contribution in [-0.4, -0.2) is 45.7 Å². The highest BCUT2D eigenvalue weighted by Gasteiger charge is 2.21. The second-order valence-corrected chi connectivity index (χ2v) is 6.75. The van der Waals surface area contributed by atoms with Crippen LogP contribution in [0, 0.1) is 6.92 Å². The summed E-state index contributed by atoms with van der Waals surface area (Å²) in [4.78, 5) is 26.7. The molecule has 0 saturated heterocycles. The van der Waals surface area contributed by atoms with Crippen LogP contribution in [0.4, 0.5) is 5.82 Å². The van der Waals surface area contributed by atoms with E-state index in [0.717, 1.165) is 34.7 Å². The Bertz CT molecular complexity index is 754. The van der Waals surface area contributed by atoms with Crippen LogP contribution in [0.25, 0.3) is 11.0 Å². The highest BCUT2D eigenvalue weighted by molar-refractivity contribution is 8.04. The normalized spacial score (nSPS) is 16.3. The van der Waals surface area contributed by atoms with Gasteiger partial charge < -0.3 is 20.9 Å². The maximum absolute atomic E-state index is 12.2. The molecule has 0 aliphatic carbocycles. The van der Waals surface area contributed by atoms with Gasteiger partial charge in [0.15, 0.2) is 0 Å². The number of H-pyrrole nitrogens is 1. The lowest BCUT2D eigenvalue weighted by Gasteiger charge is -2.25. The van der Waals surface area contributed by atoms with Crippen molar-refractivity contribution in [2.75, 3.05) is 23.7 Å². The van der Waals surface area contributed by atoms with Crippen LogP contribution in [0.1, 0.15) is 12.5 Å². The van der Waals surface area contributed by atoms with Crippen LogP contribution in [0.5, 0.6) is 0 Å². The van der Waals surface area contributed by atoms with Crippen molar-refractivity contribution in [3.8, 4) is 0 Å². The number of nitrogens with one attached hydrogen (secondary N) is 2. The summed E-state index contributed by atoms with van der Waals surface area (Å²) >= 11 is 1.55. The van der Waals surface area contributed by atoms with Crippen molar-refractivity contribution >= 4 is 34.5 Å². The summed E-state index contributed by atoms with van der Waals surface area (Å²) in [6.45, 7) is 5.14. The van der Waals surface area contributed by atoms with Crippen LogP contribution in [0.3, 0.4) is 0 Å². The molecule has 122 valence electrons. The van der Waals surface area contributed by atoms with E-state index < -0.39 is 0 Å². The number of nitrogens with zero attached hydrogens (tertiary/aromatic N) is 3. The third-order valence-electron chi connectivity index (χ3n) is 3.59. The summed E-state index contributed by atoms with van der Waals surface area (Å²) in [6.07, 6.45) is 5.32. The molecular weight excluding hydrogens is 312 g/mol. The molecule has 1 aliphatic rings. The predicted octanol–water partition coefficient (Wildman–Crippen LogP) is 1.12. The Morgan fingerprint density at radius 1 is 1.57 bits per heavy atom. The van der Waals surface area contributed by atoms with E-state index in [9.17, 15) is 4.79 Å². The largest absolute Gasteiger partial charge is 0.350 e. The minimum atomic E-state index is -0.0897. The summed E-state index contributed by atoms with van der Waals surface area (Å²) in [5, 5.41) is 3.84. The van der Waals surface area contributed by atoms with Crippen LogP contribution < -0.4 is 16.0 Å². The number of hydrogen-bond donors (Lipinski definition) is 3. The first-order valence-electron chi connectivity index (χ1n) is 7.50. The maximum Gasteiger partial charge on any atom is 0.259 e. The molecule has 0 saturated carbocycles. The first kappa shape index (κ1) is 15.8. The Morgan fingerprint density at radius 2 is 2.39 bits per heavy atom. The lowest BCUT2D eigenvalue weighted by molar-refractivity contribution is -0.116. The molecule has 1 aliphatic heterocycles. The van der Waals surface area contributed by atoms with Gasteiger partial charge in [0.05, 0.1) is 10.3 Å². The number of hydrogen-bond acceptors (Lipinski definition) is 6. The van der Waals surface area contributed by atoms with Gasteiger partial charge in [-0.05, 0) is 19.4 Å². The van der Waals surface area contributed by atoms with E-state index in [1.54, 1.807) is 18.1 Å². The monoisotopic (exact) mass is 332 g/mol. The number of anilines is 1. The first-order chi connectivity index (χ1) is 11.1. The van der Waals surface area contributed by atoms with Crippen molar-refractivity contribution < 1.29 is 4.79 Å². The highest BCUT2D eigenvalue weighted by atomic mass is 32.2. The van der Waals surface area contributed by atoms with Crippen molar-refractivity contribution in [2.45, 2.75) is 19.9 Å². The topological polar surface area (TPSA) is 99.9 Å². The number of carbonyl (C=O) groups is 1. The van der Waals surface area contributed by atoms with E-state index in [-0.39, 0.29) is 11.9 Å². The lowest BCUT2D eigenvalue weighted by Crippen LogP contribution is -2.37. The van der Waals surface area contributed by atoms with Gasteiger partial charge in [-0.15, -0.1) is 11.8 Å². The Hall–Kier alpha value is -2.06. The van der Waals surface area contributed by atoms with Crippen molar-refractivity contribution in [1.29, 1.82) is 0 Å². The van der Waals surface area contributed by atoms with E-state index in [1.165, 1.54) is 0 Å². The third kappa shape index (κ3) is 3.32. The standard InChI is InChI=1S/C15H20N6OS/c1-9-5-17-13-12(9)14(20-8-19-13)21-3-4-23-11(7-21)15(22)18-6-10(2)16/h5,7-8,10H,3-4,6,16H2,1-2H3,(H,18,22)(H,17,19,20)/t10-/m1/s1. The fraction of sp³-hybridized carbons (Fsp3) is 0.400. The van der Waals surface area contributed by atoms with E-state index >= 15 is 0 Å². The molecule has 0 radical (unpaired) electrons. The van der Waals surface area contributed by atoms with E-state index in [1.807, 2.05) is 31.1 Å². The Morgan fingerprint density at radius 3 is 3.17 bits per heavy atom. The molecule has 23 heavy (non-hydrogen) atoms. The molecule has 2 aromatic rings. The van der Waals surface area contributed by atoms with Crippen molar-refractivity contribution in [1.82, 2.24) is 20.3 Å². The summed E-state index contributed by atoms with van der Waals surface area (Å²) in [5.74, 6) is 1.56. The second-order valence-electron chi connectivity index (χ2n) is 5.62. The Kier molecular flexibility index (Phi) is 4.53. The number of carbonyl (C=O) groups excluding carboxylic acids is 1. The number of amides is 1. The number of fused-ring (bicyclic) bond motifs is 1. The molecular formula is C15H20N6OS. The SMILES string of the molecule is Cc1c[nH]c2ncnc(N3C=C(C(=O)NC[C@@H](C)N)SCC3)c12. The van der Waals surface area contributed by atoms with Gasteiger partial charge in [-0.25, -0.2) is 9.97 Å². The van der Waals surface area contributed by atoms with Crippen LogP contribution >= 0.6 is 11.8 Å². The fourth-order valence-electron chi connectivity index (χ4n) is 2.44. The summed E-state index contributed by atoms with van der Waals surface area (Å²) in [6, 6.07) is -0.0618. The molecule has 0 unspecified atom stereocenters. The van der Waals surface area contributed by atoms with Gasteiger partial charge in [0, 0.05) is 37.3 Å². The molecule has 3 rings (SSSR count).